The molecule has 9 heteroatoms. The normalized spacial score (nSPS) is 10.4. The topological polar surface area (TPSA) is 119 Å². The van der Waals surface area contributed by atoms with Crippen molar-refractivity contribution in [1.29, 1.82) is 0 Å². The Kier molecular flexibility index (Phi) is 4.30. The van der Waals surface area contributed by atoms with Crippen LogP contribution in [-0.4, -0.2) is 27.9 Å². The molecule has 0 spiro atoms. The number of nitrogens with zero attached hydrogens (tertiary/aromatic N) is 3. The van der Waals surface area contributed by atoms with Crippen LogP contribution >= 0.6 is 11.6 Å². The van der Waals surface area contributed by atoms with Gasteiger partial charge in [0.15, 0.2) is 0 Å². The molecular weight excluding hydrogens is 332 g/mol. The van der Waals surface area contributed by atoms with E-state index in [9.17, 15) is 4.79 Å². The lowest BCUT2D eigenvalue weighted by Gasteiger charge is -2.09. The Hall–Kier alpha value is -3.13. The van der Waals surface area contributed by atoms with Crippen molar-refractivity contribution in [2.24, 2.45) is 0 Å². The molecule has 0 aliphatic heterocycles. The van der Waals surface area contributed by atoms with Crippen LogP contribution in [0.5, 0.6) is 0 Å². The second-order valence-corrected chi connectivity index (χ2v) is 5.14. The number of nitrogens with two attached hydrogens (primary N) is 1. The highest BCUT2D eigenvalue weighted by Crippen LogP contribution is 2.25. The van der Waals surface area contributed by atoms with Crippen LogP contribution in [0.3, 0.4) is 0 Å². The number of benzene rings is 1. The standard InChI is InChI=1S/C15H13ClN6O2/c1-18-13(23)9-3-2-8(6-11(9)16)21-15-20-7-10(12(17)22-15)14-19-4-5-24-14/h2-7H,1H3,(H,18,23)(H3,17,20,21,22). The molecule has 0 aliphatic carbocycles. The van der Waals surface area contributed by atoms with Crippen LogP contribution in [0.2, 0.25) is 5.02 Å². The largest absolute Gasteiger partial charge is 0.444 e. The molecule has 2 heterocycles. The van der Waals surface area contributed by atoms with E-state index in [0.29, 0.717) is 27.7 Å². The third-order valence-electron chi connectivity index (χ3n) is 3.18. The first-order valence-electron chi connectivity index (χ1n) is 6.89. The van der Waals surface area contributed by atoms with E-state index in [2.05, 4.69) is 25.6 Å². The van der Waals surface area contributed by atoms with Gasteiger partial charge in [0, 0.05) is 18.9 Å². The van der Waals surface area contributed by atoms with Gasteiger partial charge in [0.2, 0.25) is 11.8 Å². The number of hydrogen-bond acceptors (Lipinski definition) is 7. The predicted molar refractivity (Wildman–Crippen MR) is 90.1 cm³/mol. The highest BCUT2D eigenvalue weighted by Gasteiger charge is 2.12. The van der Waals surface area contributed by atoms with Crippen molar-refractivity contribution < 1.29 is 9.21 Å². The third kappa shape index (κ3) is 3.13. The van der Waals surface area contributed by atoms with Crippen molar-refractivity contribution in [3.8, 4) is 11.5 Å². The number of halogens is 1. The summed E-state index contributed by atoms with van der Waals surface area (Å²) in [6.07, 6.45) is 4.46. The first kappa shape index (κ1) is 15.8. The van der Waals surface area contributed by atoms with Crippen molar-refractivity contribution in [2.75, 3.05) is 18.1 Å². The van der Waals surface area contributed by atoms with Crippen molar-refractivity contribution in [2.45, 2.75) is 0 Å². The molecule has 0 fully saturated rings. The zero-order valence-corrected chi connectivity index (χ0v) is 13.3. The molecular formula is C15H13ClN6O2. The molecule has 0 bridgehead atoms. The van der Waals surface area contributed by atoms with Gasteiger partial charge in [-0.15, -0.1) is 0 Å². The fourth-order valence-corrected chi connectivity index (χ4v) is 2.28. The van der Waals surface area contributed by atoms with Gasteiger partial charge in [0.25, 0.3) is 5.91 Å². The van der Waals surface area contributed by atoms with E-state index in [-0.39, 0.29) is 17.7 Å². The number of carbonyl (C=O) groups excluding carboxylic acids is 1. The van der Waals surface area contributed by atoms with E-state index in [1.165, 1.54) is 25.7 Å². The minimum atomic E-state index is -0.262. The molecule has 0 radical (unpaired) electrons. The summed E-state index contributed by atoms with van der Waals surface area (Å²) < 4.78 is 5.17. The average molecular weight is 345 g/mol. The van der Waals surface area contributed by atoms with Crippen LogP contribution in [-0.2, 0) is 0 Å². The van der Waals surface area contributed by atoms with E-state index in [1.807, 2.05) is 0 Å². The van der Waals surface area contributed by atoms with Gasteiger partial charge in [-0.25, -0.2) is 9.97 Å². The Morgan fingerprint density at radius 2 is 2.17 bits per heavy atom. The van der Waals surface area contributed by atoms with E-state index < -0.39 is 0 Å². The van der Waals surface area contributed by atoms with Crippen LogP contribution in [0.25, 0.3) is 11.5 Å². The van der Waals surface area contributed by atoms with Gasteiger partial charge in [-0.3, -0.25) is 4.79 Å². The number of rotatable bonds is 4. The minimum absolute atomic E-state index is 0.225. The summed E-state index contributed by atoms with van der Waals surface area (Å²) in [6, 6.07) is 4.90. The Morgan fingerprint density at radius 1 is 1.33 bits per heavy atom. The smallest absolute Gasteiger partial charge is 0.252 e. The number of oxazole rings is 1. The number of aromatic nitrogens is 3. The van der Waals surface area contributed by atoms with Gasteiger partial charge >= 0.3 is 0 Å². The summed E-state index contributed by atoms with van der Waals surface area (Å²) >= 11 is 6.11. The van der Waals surface area contributed by atoms with E-state index >= 15 is 0 Å². The number of nitrogen functional groups attached to an aromatic ring is 1. The molecule has 24 heavy (non-hydrogen) atoms. The highest BCUT2D eigenvalue weighted by molar-refractivity contribution is 6.34. The monoisotopic (exact) mass is 344 g/mol. The summed E-state index contributed by atoms with van der Waals surface area (Å²) in [7, 11) is 1.54. The molecule has 3 aromatic rings. The fraction of sp³-hybridized carbons (Fsp3) is 0.0667. The molecule has 0 unspecified atom stereocenters. The molecule has 1 amide bonds. The summed E-state index contributed by atoms with van der Waals surface area (Å²) in [5.41, 5.74) is 7.41. The predicted octanol–water partition coefficient (Wildman–Crippen LogP) is 2.47. The third-order valence-corrected chi connectivity index (χ3v) is 3.49. The molecule has 1 aromatic carbocycles. The quantitative estimate of drug-likeness (QED) is 0.665. The maximum absolute atomic E-state index is 11.6. The molecule has 122 valence electrons. The average Bonchev–Trinajstić information content (AvgIpc) is 3.08. The first-order chi connectivity index (χ1) is 11.6. The number of nitrogens with one attached hydrogen (secondary N) is 2. The second-order valence-electron chi connectivity index (χ2n) is 4.73. The maximum atomic E-state index is 11.6. The van der Waals surface area contributed by atoms with E-state index in [1.54, 1.807) is 18.2 Å². The number of amides is 1. The second kappa shape index (κ2) is 6.55. The van der Waals surface area contributed by atoms with E-state index in [0.717, 1.165) is 0 Å². The fourth-order valence-electron chi connectivity index (χ4n) is 2.02. The van der Waals surface area contributed by atoms with Crippen molar-refractivity contribution in [3.63, 3.8) is 0 Å². The SMILES string of the molecule is CNC(=O)c1ccc(Nc2ncc(-c3ncco3)c(N)n2)cc1Cl. The van der Waals surface area contributed by atoms with Crippen LogP contribution in [0.15, 0.2) is 41.3 Å². The van der Waals surface area contributed by atoms with Crippen molar-refractivity contribution >= 4 is 35.0 Å². The number of anilines is 3. The highest BCUT2D eigenvalue weighted by atomic mass is 35.5. The Balaban J connectivity index is 1.83. The van der Waals surface area contributed by atoms with Crippen LogP contribution in [0.4, 0.5) is 17.5 Å². The van der Waals surface area contributed by atoms with E-state index in [4.69, 9.17) is 21.8 Å². The lowest BCUT2D eigenvalue weighted by molar-refractivity contribution is 0.0963. The van der Waals surface area contributed by atoms with Crippen molar-refractivity contribution in [1.82, 2.24) is 20.3 Å². The summed E-state index contributed by atoms with van der Waals surface area (Å²) in [4.78, 5) is 24.0. The summed E-state index contributed by atoms with van der Waals surface area (Å²) in [5.74, 6) is 0.592. The van der Waals surface area contributed by atoms with Crippen LogP contribution in [0, 0.1) is 0 Å². The maximum Gasteiger partial charge on any atom is 0.252 e. The van der Waals surface area contributed by atoms with Gasteiger partial charge in [-0.1, -0.05) is 11.6 Å². The molecule has 0 saturated heterocycles. The molecule has 0 saturated carbocycles. The number of carbonyl (C=O) groups is 1. The summed E-state index contributed by atoms with van der Waals surface area (Å²) in [6.45, 7) is 0. The van der Waals surface area contributed by atoms with Gasteiger partial charge in [-0.2, -0.15) is 4.98 Å². The molecule has 0 aliphatic rings. The van der Waals surface area contributed by atoms with Gasteiger partial charge in [0.05, 0.1) is 22.3 Å². The lowest BCUT2D eigenvalue weighted by Crippen LogP contribution is -2.18. The zero-order chi connectivity index (χ0) is 17.1. The molecule has 0 atom stereocenters. The zero-order valence-electron chi connectivity index (χ0n) is 12.6. The molecule has 4 N–H and O–H groups in total. The van der Waals surface area contributed by atoms with Crippen molar-refractivity contribution in [3.05, 3.63) is 47.4 Å². The molecule has 2 aromatic heterocycles. The summed E-state index contributed by atoms with van der Waals surface area (Å²) in [5, 5.41) is 5.80. The Morgan fingerprint density at radius 3 is 2.79 bits per heavy atom. The molecule has 8 nitrogen and oxygen atoms in total. The molecule has 3 rings (SSSR count). The Bertz CT molecular complexity index is 882. The van der Waals surface area contributed by atoms with Crippen LogP contribution < -0.4 is 16.4 Å². The van der Waals surface area contributed by atoms with Gasteiger partial charge in [0.1, 0.15) is 12.1 Å². The van der Waals surface area contributed by atoms with Gasteiger partial charge < -0.3 is 20.8 Å². The Labute approximate surface area is 142 Å². The number of hydrogen-bond donors (Lipinski definition) is 3. The lowest BCUT2D eigenvalue weighted by atomic mass is 10.2. The van der Waals surface area contributed by atoms with Gasteiger partial charge in [-0.05, 0) is 18.2 Å². The first-order valence-corrected chi connectivity index (χ1v) is 7.27. The van der Waals surface area contributed by atoms with Crippen LogP contribution in [0.1, 0.15) is 10.4 Å². The minimum Gasteiger partial charge on any atom is -0.444 e.